The number of imide groups is 1. The fourth-order valence-corrected chi connectivity index (χ4v) is 3.91. The molecule has 4 rings (SSSR count). The van der Waals surface area contributed by atoms with Gasteiger partial charge in [0.25, 0.3) is 5.91 Å². The molecule has 0 N–H and O–H groups in total. The van der Waals surface area contributed by atoms with Crippen molar-refractivity contribution in [2.45, 2.75) is 12.5 Å². The van der Waals surface area contributed by atoms with E-state index in [2.05, 4.69) is 9.80 Å². The molecular weight excluding hydrogens is 369 g/mol. The lowest BCUT2D eigenvalue weighted by atomic mass is 10.1. The Kier molecular flexibility index (Phi) is 4.85. The molecule has 0 bridgehead atoms. The molecule has 0 saturated carbocycles. The minimum atomic E-state index is -0.455. The van der Waals surface area contributed by atoms with Gasteiger partial charge in [0.15, 0.2) is 0 Å². The van der Waals surface area contributed by atoms with E-state index in [9.17, 15) is 14.0 Å². The van der Waals surface area contributed by atoms with Crippen LogP contribution in [0, 0.1) is 5.82 Å². The molecule has 2 fully saturated rings. The summed E-state index contributed by atoms with van der Waals surface area (Å²) in [5, 5.41) is 0.696. The first-order valence-corrected chi connectivity index (χ1v) is 9.27. The molecule has 2 saturated heterocycles. The Bertz CT molecular complexity index is 866. The van der Waals surface area contributed by atoms with Gasteiger partial charge in [-0.1, -0.05) is 17.7 Å². The summed E-state index contributed by atoms with van der Waals surface area (Å²) in [6.07, 6.45) is 0.160. The van der Waals surface area contributed by atoms with Crippen LogP contribution in [0.2, 0.25) is 5.02 Å². The molecule has 2 aromatic carbocycles. The molecule has 140 valence electrons. The van der Waals surface area contributed by atoms with E-state index in [-0.39, 0.29) is 18.2 Å². The smallest absolute Gasteiger partial charge is 0.251 e. The third kappa shape index (κ3) is 3.55. The minimum Gasteiger partial charge on any atom is -0.369 e. The van der Waals surface area contributed by atoms with Gasteiger partial charge in [-0.05, 0) is 42.5 Å². The van der Waals surface area contributed by atoms with Crippen LogP contribution in [0.5, 0.6) is 0 Å². The van der Waals surface area contributed by atoms with E-state index in [1.54, 1.807) is 0 Å². The number of hydrogen-bond acceptors (Lipinski definition) is 4. The molecule has 2 aliphatic rings. The normalized spacial score (nSPS) is 21.2. The van der Waals surface area contributed by atoms with Crippen LogP contribution in [0.3, 0.4) is 0 Å². The highest BCUT2D eigenvalue weighted by atomic mass is 35.5. The van der Waals surface area contributed by atoms with E-state index in [1.807, 2.05) is 24.3 Å². The molecule has 27 heavy (non-hydrogen) atoms. The van der Waals surface area contributed by atoms with Crippen molar-refractivity contribution in [2.24, 2.45) is 0 Å². The number of amides is 2. The lowest BCUT2D eigenvalue weighted by Crippen LogP contribution is -2.52. The maximum Gasteiger partial charge on any atom is 0.251 e. The van der Waals surface area contributed by atoms with E-state index >= 15 is 0 Å². The second-order valence-corrected chi connectivity index (χ2v) is 7.20. The van der Waals surface area contributed by atoms with Gasteiger partial charge >= 0.3 is 0 Å². The average Bonchev–Trinajstić information content (AvgIpc) is 2.97. The van der Waals surface area contributed by atoms with Gasteiger partial charge in [0.2, 0.25) is 5.91 Å². The van der Waals surface area contributed by atoms with Gasteiger partial charge < -0.3 is 4.90 Å². The fourth-order valence-electron chi connectivity index (χ4n) is 3.73. The first kappa shape index (κ1) is 17.9. The zero-order chi connectivity index (χ0) is 19.0. The number of carbonyl (C=O) groups is 2. The quantitative estimate of drug-likeness (QED) is 0.759. The van der Waals surface area contributed by atoms with Crippen LogP contribution in [-0.4, -0.2) is 48.9 Å². The summed E-state index contributed by atoms with van der Waals surface area (Å²) >= 11 is 6.07. The van der Waals surface area contributed by atoms with Crippen LogP contribution in [0.4, 0.5) is 15.8 Å². The van der Waals surface area contributed by atoms with Crippen LogP contribution in [0.25, 0.3) is 0 Å². The molecule has 2 amide bonds. The number of benzene rings is 2. The number of hydrogen-bond donors (Lipinski definition) is 0. The summed E-state index contributed by atoms with van der Waals surface area (Å²) in [4.78, 5) is 30.7. The number of halogens is 2. The van der Waals surface area contributed by atoms with E-state index in [0.29, 0.717) is 23.8 Å². The number of piperazine rings is 1. The van der Waals surface area contributed by atoms with Crippen LogP contribution in [0.1, 0.15) is 6.42 Å². The van der Waals surface area contributed by atoms with Crippen molar-refractivity contribution in [1.29, 1.82) is 0 Å². The molecule has 2 aliphatic heterocycles. The summed E-state index contributed by atoms with van der Waals surface area (Å²) in [5.74, 6) is -0.872. The third-order valence-electron chi connectivity index (χ3n) is 5.14. The summed E-state index contributed by atoms with van der Waals surface area (Å²) in [6, 6.07) is 12.7. The highest BCUT2D eigenvalue weighted by Gasteiger charge is 2.43. The highest BCUT2D eigenvalue weighted by Crippen LogP contribution is 2.27. The zero-order valence-corrected chi connectivity index (χ0v) is 15.4. The standard InChI is InChI=1S/C20H19ClFN3O2/c21-14-2-1-3-17(12-14)23-8-10-24(11-9-23)18-13-19(26)25(20(18)27)16-6-4-15(22)5-7-16/h1-7,12,18H,8-11,13H2/t18-/m1/s1. The monoisotopic (exact) mass is 387 g/mol. The van der Waals surface area contributed by atoms with E-state index < -0.39 is 11.9 Å². The van der Waals surface area contributed by atoms with Crippen LogP contribution in [-0.2, 0) is 9.59 Å². The lowest BCUT2D eigenvalue weighted by Gasteiger charge is -2.38. The van der Waals surface area contributed by atoms with E-state index in [1.165, 1.54) is 29.2 Å². The zero-order valence-electron chi connectivity index (χ0n) is 14.6. The van der Waals surface area contributed by atoms with Gasteiger partial charge in [-0.25, -0.2) is 9.29 Å². The van der Waals surface area contributed by atoms with E-state index in [4.69, 9.17) is 11.6 Å². The Hall–Kier alpha value is -2.44. The number of anilines is 2. The Morgan fingerprint density at radius 2 is 1.63 bits per heavy atom. The van der Waals surface area contributed by atoms with Crippen molar-refractivity contribution in [3.63, 3.8) is 0 Å². The molecule has 5 nitrogen and oxygen atoms in total. The number of carbonyl (C=O) groups excluding carboxylic acids is 2. The summed E-state index contributed by atoms with van der Waals surface area (Å²) in [7, 11) is 0. The molecular formula is C20H19ClFN3O2. The largest absolute Gasteiger partial charge is 0.369 e. The van der Waals surface area contributed by atoms with Crippen LogP contribution < -0.4 is 9.80 Å². The van der Waals surface area contributed by atoms with Crippen molar-refractivity contribution in [3.05, 3.63) is 59.4 Å². The average molecular weight is 388 g/mol. The first-order valence-electron chi connectivity index (χ1n) is 8.90. The van der Waals surface area contributed by atoms with Crippen molar-refractivity contribution < 1.29 is 14.0 Å². The van der Waals surface area contributed by atoms with Crippen LogP contribution >= 0.6 is 11.6 Å². The molecule has 0 aromatic heterocycles. The third-order valence-corrected chi connectivity index (χ3v) is 5.37. The van der Waals surface area contributed by atoms with Crippen molar-refractivity contribution in [2.75, 3.05) is 36.0 Å². The summed E-state index contributed by atoms with van der Waals surface area (Å²) < 4.78 is 13.1. The van der Waals surface area contributed by atoms with Gasteiger partial charge in [-0.2, -0.15) is 0 Å². The van der Waals surface area contributed by atoms with Gasteiger partial charge in [-0.3, -0.25) is 14.5 Å². The fraction of sp³-hybridized carbons (Fsp3) is 0.300. The molecule has 2 aromatic rings. The molecule has 0 radical (unpaired) electrons. The van der Waals surface area contributed by atoms with Crippen molar-refractivity contribution in [3.8, 4) is 0 Å². The maximum absolute atomic E-state index is 13.1. The molecule has 7 heteroatoms. The van der Waals surface area contributed by atoms with Crippen molar-refractivity contribution in [1.82, 2.24) is 4.90 Å². The van der Waals surface area contributed by atoms with Gasteiger partial charge in [0.05, 0.1) is 18.2 Å². The second kappa shape index (κ2) is 7.29. The Morgan fingerprint density at radius 3 is 2.30 bits per heavy atom. The first-order chi connectivity index (χ1) is 13.0. The Morgan fingerprint density at radius 1 is 0.926 bits per heavy atom. The van der Waals surface area contributed by atoms with Crippen molar-refractivity contribution >= 4 is 34.8 Å². The predicted molar refractivity (Wildman–Crippen MR) is 103 cm³/mol. The summed E-state index contributed by atoms with van der Waals surface area (Å²) in [5.41, 5.74) is 1.48. The van der Waals surface area contributed by atoms with Gasteiger partial charge in [-0.15, -0.1) is 0 Å². The van der Waals surface area contributed by atoms with E-state index in [0.717, 1.165) is 18.8 Å². The summed E-state index contributed by atoms with van der Waals surface area (Å²) in [6.45, 7) is 2.89. The topological polar surface area (TPSA) is 43.9 Å². The predicted octanol–water partition coefficient (Wildman–Crippen LogP) is 2.93. The molecule has 2 heterocycles. The van der Waals surface area contributed by atoms with Gasteiger partial charge in [0, 0.05) is 36.9 Å². The highest BCUT2D eigenvalue weighted by molar-refractivity contribution is 6.30. The Balaban J connectivity index is 1.43. The van der Waals surface area contributed by atoms with Crippen LogP contribution in [0.15, 0.2) is 48.5 Å². The minimum absolute atomic E-state index is 0.160. The second-order valence-electron chi connectivity index (χ2n) is 6.77. The number of nitrogens with zero attached hydrogens (tertiary/aromatic N) is 3. The molecule has 1 atom stereocenters. The molecule has 0 spiro atoms. The SMILES string of the molecule is O=C1C[C@@H](N2CCN(c3cccc(Cl)c3)CC2)C(=O)N1c1ccc(F)cc1. The lowest BCUT2D eigenvalue weighted by molar-refractivity contribution is -0.123. The number of rotatable bonds is 3. The maximum atomic E-state index is 13.1. The molecule has 0 unspecified atom stereocenters. The Labute approximate surface area is 161 Å². The van der Waals surface area contributed by atoms with Gasteiger partial charge in [0.1, 0.15) is 5.82 Å². The molecule has 0 aliphatic carbocycles.